The highest BCUT2D eigenvalue weighted by atomic mass is 15.3. The van der Waals surface area contributed by atoms with Gasteiger partial charge in [0.15, 0.2) is 0 Å². The van der Waals surface area contributed by atoms with Gasteiger partial charge in [-0.2, -0.15) is 5.10 Å². The number of anilines is 1. The van der Waals surface area contributed by atoms with Gasteiger partial charge in [-0.15, -0.1) is 0 Å². The third kappa shape index (κ3) is 2.04. The maximum Gasteiger partial charge on any atom is 0.201 e. The molecule has 0 saturated heterocycles. The van der Waals surface area contributed by atoms with Crippen LogP contribution in [0.4, 0.5) is 5.95 Å². The predicted octanol–water partition coefficient (Wildman–Crippen LogP) is 1.35. The molecule has 92 valence electrons. The van der Waals surface area contributed by atoms with Gasteiger partial charge < -0.3 is 10.3 Å². The SMILES string of the molecule is Cn1ncnc1CCNc1nc2ccccc2[nH]1. The van der Waals surface area contributed by atoms with E-state index in [9.17, 15) is 0 Å². The molecule has 0 spiro atoms. The van der Waals surface area contributed by atoms with E-state index >= 15 is 0 Å². The number of nitrogens with one attached hydrogen (secondary N) is 2. The number of rotatable bonds is 4. The molecule has 1 aromatic carbocycles. The minimum absolute atomic E-state index is 0.770. The highest BCUT2D eigenvalue weighted by molar-refractivity contribution is 5.77. The van der Waals surface area contributed by atoms with E-state index in [0.717, 1.165) is 35.8 Å². The van der Waals surface area contributed by atoms with Crippen LogP contribution in [-0.2, 0) is 13.5 Å². The Hall–Kier alpha value is -2.37. The molecule has 2 heterocycles. The molecule has 6 nitrogen and oxygen atoms in total. The number of para-hydroxylation sites is 2. The summed E-state index contributed by atoms with van der Waals surface area (Å²) in [4.78, 5) is 11.8. The Balaban J connectivity index is 1.65. The van der Waals surface area contributed by atoms with Crippen LogP contribution in [0.25, 0.3) is 11.0 Å². The Morgan fingerprint density at radius 1 is 1.33 bits per heavy atom. The lowest BCUT2D eigenvalue weighted by atomic mass is 10.3. The second-order valence-corrected chi connectivity index (χ2v) is 4.08. The highest BCUT2D eigenvalue weighted by Gasteiger charge is 2.03. The number of H-pyrrole nitrogens is 1. The number of imidazole rings is 1. The molecule has 2 N–H and O–H groups in total. The van der Waals surface area contributed by atoms with E-state index in [4.69, 9.17) is 0 Å². The summed E-state index contributed by atoms with van der Waals surface area (Å²) in [7, 11) is 1.89. The summed E-state index contributed by atoms with van der Waals surface area (Å²) >= 11 is 0. The summed E-state index contributed by atoms with van der Waals surface area (Å²) in [5.74, 6) is 1.75. The third-order valence-corrected chi connectivity index (χ3v) is 2.84. The molecule has 0 aliphatic rings. The Morgan fingerprint density at radius 2 is 2.22 bits per heavy atom. The van der Waals surface area contributed by atoms with Gasteiger partial charge in [-0.25, -0.2) is 9.97 Å². The largest absolute Gasteiger partial charge is 0.355 e. The van der Waals surface area contributed by atoms with Gasteiger partial charge in [0.1, 0.15) is 12.2 Å². The number of benzene rings is 1. The van der Waals surface area contributed by atoms with E-state index in [1.54, 1.807) is 11.0 Å². The van der Waals surface area contributed by atoms with Crippen molar-refractivity contribution in [3.8, 4) is 0 Å². The molecule has 3 aromatic rings. The van der Waals surface area contributed by atoms with Crippen LogP contribution in [0.2, 0.25) is 0 Å². The van der Waals surface area contributed by atoms with Crippen LogP contribution in [-0.4, -0.2) is 31.3 Å². The lowest BCUT2D eigenvalue weighted by Crippen LogP contribution is -2.10. The van der Waals surface area contributed by atoms with Crippen LogP contribution in [0.1, 0.15) is 5.82 Å². The number of nitrogens with zero attached hydrogens (tertiary/aromatic N) is 4. The van der Waals surface area contributed by atoms with Crippen molar-refractivity contribution in [2.75, 3.05) is 11.9 Å². The first-order chi connectivity index (χ1) is 8.83. The lowest BCUT2D eigenvalue weighted by molar-refractivity contribution is 0.701. The lowest BCUT2D eigenvalue weighted by Gasteiger charge is -2.01. The van der Waals surface area contributed by atoms with Crippen molar-refractivity contribution in [3.63, 3.8) is 0 Å². The Bertz CT molecular complexity index is 620. The second kappa shape index (κ2) is 4.48. The maximum absolute atomic E-state index is 4.44. The molecular formula is C12H14N6. The molecule has 0 aliphatic heterocycles. The second-order valence-electron chi connectivity index (χ2n) is 4.08. The van der Waals surface area contributed by atoms with Crippen LogP contribution in [0.3, 0.4) is 0 Å². The van der Waals surface area contributed by atoms with Gasteiger partial charge in [-0.3, -0.25) is 4.68 Å². The first kappa shape index (κ1) is 10.8. The van der Waals surface area contributed by atoms with Gasteiger partial charge >= 0.3 is 0 Å². The fourth-order valence-corrected chi connectivity index (χ4v) is 1.88. The van der Waals surface area contributed by atoms with Gasteiger partial charge in [-0.1, -0.05) is 12.1 Å². The van der Waals surface area contributed by atoms with Crippen LogP contribution in [0.15, 0.2) is 30.6 Å². The molecule has 0 atom stereocenters. The number of aromatic nitrogens is 5. The molecule has 6 heteroatoms. The Labute approximate surface area is 104 Å². The predicted molar refractivity (Wildman–Crippen MR) is 69.3 cm³/mol. The zero-order chi connectivity index (χ0) is 12.4. The normalized spacial score (nSPS) is 10.9. The van der Waals surface area contributed by atoms with E-state index in [1.807, 2.05) is 31.3 Å². The van der Waals surface area contributed by atoms with Crippen molar-refractivity contribution in [2.24, 2.45) is 7.05 Å². The van der Waals surface area contributed by atoms with Crippen molar-refractivity contribution < 1.29 is 0 Å². The highest BCUT2D eigenvalue weighted by Crippen LogP contribution is 2.12. The fourth-order valence-electron chi connectivity index (χ4n) is 1.88. The zero-order valence-electron chi connectivity index (χ0n) is 10.1. The Morgan fingerprint density at radius 3 is 3.00 bits per heavy atom. The summed E-state index contributed by atoms with van der Waals surface area (Å²) in [6.45, 7) is 0.770. The summed E-state index contributed by atoms with van der Waals surface area (Å²) in [6, 6.07) is 7.96. The number of hydrogen-bond acceptors (Lipinski definition) is 4. The number of hydrogen-bond donors (Lipinski definition) is 2. The molecule has 2 aromatic heterocycles. The monoisotopic (exact) mass is 242 g/mol. The maximum atomic E-state index is 4.44. The van der Waals surface area contributed by atoms with E-state index < -0.39 is 0 Å². The summed E-state index contributed by atoms with van der Waals surface area (Å²) in [5.41, 5.74) is 2.01. The molecule has 0 fully saturated rings. The third-order valence-electron chi connectivity index (χ3n) is 2.84. The van der Waals surface area contributed by atoms with Crippen LogP contribution in [0, 0.1) is 0 Å². The molecule has 0 amide bonds. The molecule has 0 saturated carbocycles. The number of aryl methyl sites for hydroxylation is 1. The molecule has 3 rings (SSSR count). The van der Waals surface area contributed by atoms with E-state index in [-0.39, 0.29) is 0 Å². The smallest absolute Gasteiger partial charge is 0.201 e. The van der Waals surface area contributed by atoms with Crippen molar-refractivity contribution in [1.29, 1.82) is 0 Å². The minimum atomic E-state index is 0.770. The van der Waals surface area contributed by atoms with E-state index in [1.165, 1.54) is 0 Å². The van der Waals surface area contributed by atoms with Gasteiger partial charge in [0.25, 0.3) is 0 Å². The van der Waals surface area contributed by atoms with Crippen LogP contribution >= 0.6 is 0 Å². The summed E-state index contributed by atoms with van der Waals surface area (Å²) in [6.07, 6.45) is 2.38. The zero-order valence-corrected chi connectivity index (χ0v) is 10.1. The number of aromatic amines is 1. The van der Waals surface area contributed by atoms with E-state index in [0.29, 0.717) is 0 Å². The summed E-state index contributed by atoms with van der Waals surface area (Å²) < 4.78 is 1.78. The number of fused-ring (bicyclic) bond motifs is 1. The van der Waals surface area contributed by atoms with Gasteiger partial charge in [0.2, 0.25) is 5.95 Å². The summed E-state index contributed by atoms with van der Waals surface area (Å²) in [5, 5.41) is 7.28. The standard InChI is InChI=1S/C12H14N6/c1-18-11(14-8-15-18)6-7-13-12-16-9-4-2-3-5-10(9)17-12/h2-5,8H,6-7H2,1H3,(H2,13,16,17). The van der Waals surface area contributed by atoms with Crippen molar-refractivity contribution in [2.45, 2.75) is 6.42 Å². The molecule has 0 bridgehead atoms. The van der Waals surface area contributed by atoms with E-state index in [2.05, 4.69) is 25.4 Å². The minimum Gasteiger partial charge on any atom is -0.355 e. The average molecular weight is 242 g/mol. The molecule has 0 unspecified atom stereocenters. The van der Waals surface area contributed by atoms with Gasteiger partial charge in [0, 0.05) is 20.0 Å². The van der Waals surface area contributed by atoms with Gasteiger partial charge in [-0.05, 0) is 12.1 Å². The van der Waals surface area contributed by atoms with Crippen LogP contribution in [0.5, 0.6) is 0 Å². The van der Waals surface area contributed by atoms with Crippen molar-refractivity contribution in [1.82, 2.24) is 24.7 Å². The fraction of sp³-hybridized carbons (Fsp3) is 0.250. The molecule has 0 aliphatic carbocycles. The quantitative estimate of drug-likeness (QED) is 0.724. The topological polar surface area (TPSA) is 71.4 Å². The first-order valence-corrected chi connectivity index (χ1v) is 5.84. The average Bonchev–Trinajstić information content (AvgIpc) is 2.96. The van der Waals surface area contributed by atoms with Crippen LogP contribution < -0.4 is 5.32 Å². The van der Waals surface area contributed by atoms with Crippen molar-refractivity contribution >= 4 is 17.0 Å². The van der Waals surface area contributed by atoms with Crippen molar-refractivity contribution in [3.05, 3.63) is 36.4 Å². The molecule has 0 radical (unpaired) electrons. The Kier molecular flexibility index (Phi) is 2.68. The molecule has 18 heavy (non-hydrogen) atoms. The molecular weight excluding hydrogens is 228 g/mol. The van der Waals surface area contributed by atoms with Gasteiger partial charge in [0.05, 0.1) is 11.0 Å². The first-order valence-electron chi connectivity index (χ1n) is 5.84.